The average molecular weight is 303 g/mol. The Morgan fingerprint density at radius 2 is 2.12 bits per heavy atom. The molecule has 1 aromatic rings. The molecular formula is C13H20BrFN2. The maximum absolute atomic E-state index is 13.0. The van der Waals surface area contributed by atoms with Gasteiger partial charge in [0.05, 0.1) is 0 Å². The van der Waals surface area contributed by atoms with Gasteiger partial charge in [0, 0.05) is 17.1 Å². The van der Waals surface area contributed by atoms with Crippen LogP contribution < -0.4 is 5.32 Å². The lowest BCUT2D eigenvalue weighted by Crippen LogP contribution is -2.39. The van der Waals surface area contributed by atoms with Gasteiger partial charge in [-0.25, -0.2) is 4.39 Å². The fourth-order valence-electron chi connectivity index (χ4n) is 1.88. The van der Waals surface area contributed by atoms with Crippen LogP contribution in [0.5, 0.6) is 0 Å². The lowest BCUT2D eigenvalue weighted by Gasteiger charge is -2.22. The molecule has 96 valence electrons. The van der Waals surface area contributed by atoms with Crippen LogP contribution in [0.2, 0.25) is 0 Å². The maximum atomic E-state index is 13.0. The maximum Gasteiger partial charge on any atom is 0.124 e. The summed E-state index contributed by atoms with van der Waals surface area (Å²) in [5.41, 5.74) is 1.14. The van der Waals surface area contributed by atoms with Gasteiger partial charge in [0.15, 0.2) is 0 Å². The second-order valence-electron chi connectivity index (χ2n) is 4.46. The molecule has 1 aromatic carbocycles. The monoisotopic (exact) mass is 302 g/mol. The zero-order chi connectivity index (χ0) is 12.8. The Kier molecular flexibility index (Phi) is 6.09. The predicted octanol–water partition coefficient (Wildman–Crippen LogP) is 2.67. The van der Waals surface area contributed by atoms with E-state index in [2.05, 4.69) is 47.2 Å². The molecule has 1 N–H and O–H groups in total. The fourth-order valence-corrected chi connectivity index (χ4v) is 2.40. The molecule has 1 unspecified atom stereocenters. The zero-order valence-electron chi connectivity index (χ0n) is 10.6. The summed E-state index contributed by atoms with van der Waals surface area (Å²) >= 11 is 3.41. The molecule has 4 heteroatoms. The lowest BCUT2D eigenvalue weighted by atomic mass is 10.1. The first-order chi connectivity index (χ1) is 8.02. The largest absolute Gasteiger partial charge is 0.313 e. The molecule has 1 rings (SSSR count). The van der Waals surface area contributed by atoms with Crippen molar-refractivity contribution >= 4 is 15.9 Å². The van der Waals surface area contributed by atoms with E-state index in [9.17, 15) is 4.39 Å². The van der Waals surface area contributed by atoms with Gasteiger partial charge >= 0.3 is 0 Å². The van der Waals surface area contributed by atoms with Gasteiger partial charge < -0.3 is 10.2 Å². The fraction of sp³-hybridized carbons (Fsp3) is 0.538. The molecule has 0 aromatic heterocycles. The van der Waals surface area contributed by atoms with Crippen LogP contribution in [0.1, 0.15) is 12.5 Å². The number of nitrogens with one attached hydrogen (secondary N) is 1. The van der Waals surface area contributed by atoms with E-state index in [1.165, 1.54) is 12.1 Å². The molecule has 0 aliphatic carbocycles. The predicted molar refractivity (Wildman–Crippen MR) is 73.8 cm³/mol. The quantitative estimate of drug-likeness (QED) is 0.869. The van der Waals surface area contributed by atoms with Crippen molar-refractivity contribution in [3.8, 4) is 0 Å². The third-order valence-electron chi connectivity index (χ3n) is 2.56. The summed E-state index contributed by atoms with van der Waals surface area (Å²) in [6.45, 7) is 4.01. The summed E-state index contributed by atoms with van der Waals surface area (Å²) in [4.78, 5) is 2.16. The molecule has 0 bridgehead atoms. The van der Waals surface area contributed by atoms with Crippen molar-refractivity contribution in [3.63, 3.8) is 0 Å². The first-order valence-corrected chi connectivity index (χ1v) is 6.64. The van der Waals surface area contributed by atoms with E-state index in [0.717, 1.165) is 29.5 Å². The Bertz CT molecular complexity index is 355. The minimum Gasteiger partial charge on any atom is -0.313 e. The third kappa shape index (κ3) is 5.15. The van der Waals surface area contributed by atoms with Crippen LogP contribution in [0.25, 0.3) is 0 Å². The number of hydrogen-bond donors (Lipinski definition) is 1. The first kappa shape index (κ1) is 14.6. The Labute approximate surface area is 111 Å². The molecular weight excluding hydrogens is 283 g/mol. The van der Waals surface area contributed by atoms with E-state index in [0.29, 0.717) is 6.04 Å². The average Bonchev–Trinajstić information content (AvgIpc) is 2.21. The molecule has 2 nitrogen and oxygen atoms in total. The second kappa shape index (κ2) is 7.09. The van der Waals surface area contributed by atoms with Crippen LogP contribution >= 0.6 is 15.9 Å². The molecule has 0 spiro atoms. The van der Waals surface area contributed by atoms with Gasteiger partial charge in [-0.2, -0.15) is 0 Å². The standard InChI is InChI=1S/C13H20BrFN2/c1-4-16-12(9-17(2)3)7-10-5-6-11(15)8-13(10)14/h5-6,8,12,16H,4,7,9H2,1-3H3. The van der Waals surface area contributed by atoms with Crippen LogP contribution in [0.3, 0.4) is 0 Å². The molecule has 1 atom stereocenters. The van der Waals surface area contributed by atoms with Crippen LogP contribution in [-0.2, 0) is 6.42 Å². The number of benzene rings is 1. The highest BCUT2D eigenvalue weighted by Gasteiger charge is 2.11. The van der Waals surface area contributed by atoms with Gasteiger partial charge in [-0.1, -0.05) is 28.9 Å². The molecule has 0 heterocycles. The highest BCUT2D eigenvalue weighted by molar-refractivity contribution is 9.10. The van der Waals surface area contributed by atoms with Crippen LogP contribution in [0, 0.1) is 5.82 Å². The van der Waals surface area contributed by atoms with Crippen molar-refractivity contribution in [3.05, 3.63) is 34.1 Å². The van der Waals surface area contributed by atoms with Crippen molar-refractivity contribution in [2.45, 2.75) is 19.4 Å². The van der Waals surface area contributed by atoms with E-state index >= 15 is 0 Å². The molecule has 0 saturated heterocycles. The summed E-state index contributed by atoms with van der Waals surface area (Å²) in [6.07, 6.45) is 0.896. The number of rotatable bonds is 6. The Balaban J connectivity index is 2.71. The van der Waals surface area contributed by atoms with Crippen LogP contribution in [0.15, 0.2) is 22.7 Å². The number of halogens is 2. The molecule has 0 amide bonds. The SMILES string of the molecule is CCNC(Cc1ccc(F)cc1Br)CN(C)C. The van der Waals surface area contributed by atoms with Crippen molar-refractivity contribution in [1.82, 2.24) is 10.2 Å². The molecule has 0 aliphatic rings. The van der Waals surface area contributed by atoms with Gasteiger partial charge in [0.2, 0.25) is 0 Å². The van der Waals surface area contributed by atoms with E-state index in [1.54, 1.807) is 0 Å². The van der Waals surface area contributed by atoms with E-state index in [1.807, 2.05) is 6.07 Å². The van der Waals surface area contributed by atoms with Gasteiger partial charge in [0.25, 0.3) is 0 Å². The Morgan fingerprint density at radius 1 is 1.41 bits per heavy atom. The van der Waals surface area contributed by atoms with Crippen molar-refractivity contribution in [2.75, 3.05) is 27.2 Å². The van der Waals surface area contributed by atoms with Gasteiger partial charge in [-0.15, -0.1) is 0 Å². The number of nitrogens with zero attached hydrogens (tertiary/aromatic N) is 1. The number of hydrogen-bond acceptors (Lipinski definition) is 2. The third-order valence-corrected chi connectivity index (χ3v) is 3.30. The van der Waals surface area contributed by atoms with E-state index < -0.39 is 0 Å². The normalized spacial score (nSPS) is 13.1. The Hall–Kier alpha value is -0.450. The van der Waals surface area contributed by atoms with E-state index in [4.69, 9.17) is 0 Å². The molecule has 0 aliphatic heterocycles. The van der Waals surface area contributed by atoms with E-state index in [-0.39, 0.29) is 5.82 Å². The van der Waals surface area contributed by atoms with Gasteiger partial charge in [-0.05, 0) is 44.8 Å². The van der Waals surface area contributed by atoms with Crippen LogP contribution in [-0.4, -0.2) is 38.1 Å². The smallest absolute Gasteiger partial charge is 0.124 e. The first-order valence-electron chi connectivity index (χ1n) is 5.85. The Morgan fingerprint density at radius 3 is 2.65 bits per heavy atom. The van der Waals surface area contributed by atoms with Crippen molar-refractivity contribution < 1.29 is 4.39 Å². The second-order valence-corrected chi connectivity index (χ2v) is 5.31. The summed E-state index contributed by atoms with van der Waals surface area (Å²) < 4.78 is 13.8. The summed E-state index contributed by atoms with van der Waals surface area (Å²) in [5.74, 6) is -0.201. The molecule has 0 saturated carbocycles. The molecule has 0 radical (unpaired) electrons. The van der Waals surface area contributed by atoms with Crippen molar-refractivity contribution in [2.24, 2.45) is 0 Å². The minimum atomic E-state index is -0.201. The summed E-state index contributed by atoms with van der Waals surface area (Å²) in [6, 6.07) is 5.27. The van der Waals surface area contributed by atoms with Gasteiger partial charge in [0.1, 0.15) is 5.82 Å². The minimum absolute atomic E-state index is 0.201. The van der Waals surface area contributed by atoms with Crippen molar-refractivity contribution in [1.29, 1.82) is 0 Å². The summed E-state index contributed by atoms with van der Waals surface area (Å²) in [7, 11) is 4.12. The molecule has 17 heavy (non-hydrogen) atoms. The highest BCUT2D eigenvalue weighted by Crippen LogP contribution is 2.19. The zero-order valence-corrected chi connectivity index (χ0v) is 12.2. The number of likely N-dealkylation sites (N-methyl/N-ethyl adjacent to an activating group) is 2. The topological polar surface area (TPSA) is 15.3 Å². The highest BCUT2D eigenvalue weighted by atomic mass is 79.9. The lowest BCUT2D eigenvalue weighted by molar-refractivity contribution is 0.339. The van der Waals surface area contributed by atoms with Gasteiger partial charge in [-0.3, -0.25) is 0 Å². The molecule has 0 fully saturated rings. The van der Waals surface area contributed by atoms with Crippen LogP contribution in [0.4, 0.5) is 4.39 Å². The summed E-state index contributed by atoms with van der Waals surface area (Å²) in [5, 5.41) is 3.45.